The van der Waals surface area contributed by atoms with Crippen molar-refractivity contribution in [3.8, 4) is 0 Å². The standard InChI is InChI=1S/C12H9NO4.ClH/c14-10-6-7-11(15)13(10)8-17-12(16)9-4-2-1-3-5-9;/h1-7H,8H2;1H. The zero-order chi connectivity index (χ0) is 12.3. The van der Waals surface area contributed by atoms with Crippen LogP contribution >= 0.6 is 0 Å². The second-order valence-electron chi connectivity index (χ2n) is 3.48. The first-order valence-electron chi connectivity index (χ1n) is 5.03. The largest absolute Gasteiger partial charge is 1.00 e. The summed E-state index contributed by atoms with van der Waals surface area (Å²) < 4.78 is 4.90. The van der Waals surface area contributed by atoms with E-state index in [1.807, 2.05) is 0 Å². The van der Waals surface area contributed by atoms with E-state index in [0.29, 0.717) is 5.56 Å². The summed E-state index contributed by atoms with van der Waals surface area (Å²) in [5, 5.41) is 0. The van der Waals surface area contributed by atoms with Gasteiger partial charge in [0.1, 0.15) is 0 Å². The molecule has 0 aliphatic carbocycles. The van der Waals surface area contributed by atoms with Crippen LogP contribution in [0.2, 0.25) is 0 Å². The fraction of sp³-hybridized carbons (Fsp3) is 0.0833. The molecule has 0 saturated carbocycles. The molecule has 0 radical (unpaired) electrons. The average Bonchev–Trinajstić information content (AvgIpc) is 2.67. The molecule has 1 aromatic carbocycles. The van der Waals surface area contributed by atoms with E-state index in [9.17, 15) is 14.4 Å². The third-order valence-electron chi connectivity index (χ3n) is 2.34. The van der Waals surface area contributed by atoms with Gasteiger partial charge in [-0.2, -0.15) is 4.90 Å². The van der Waals surface area contributed by atoms with Gasteiger partial charge in [-0.25, -0.2) is 14.4 Å². The Bertz CT molecular complexity index is 480. The van der Waals surface area contributed by atoms with E-state index in [1.54, 1.807) is 30.3 Å². The first-order valence-corrected chi connectivity index (χ1v) is 5.03. The number of rotatable bonds is 3. The Kier molecular flexibility index (Phi) is 4.76. The van der Waals surface area contributed by atoms with Crippen molar-refractivity contribution in [1.29, 1.82) is 0 Å². The zero-order valence-electron chi connectivity index (χ0n) is 9.26. The number of hydrogen-bond donors (Lipinski definition) is 1. The van der Waals surface area contributed by atoms with Gasteiger partial charge in [-0.05, 0) is 12.1 Å². The Labute approximate surface area is 109 Å². The van der Waals surface area contributed by atoms with Gasteiger partial charge in [0.25, 0.3) is 0 Å². The lowest BCUT2D eigenvalue weighted by molar-refractivity contribution is -0.753. The van der Waals surface area contributed by atoms with Gasteiger partial charge in [0.15, 0.2) is 0 Å². The number of esters is 1. The normalized spacial score (nSPS) is 14.4. The highest BCUT2D eigenvalue weighted by molar-refractivity contribution is 6.01. The molecule has 0 saturated heterocycles. The molecular formula is C12H10ClNO4. The van der Waals surface area contributed by atoms with Gasteiger partial charge in [0, 0.05) is 0 Å². The lowest BCUT2D eigenvalue weighted by atomic mass is 10.2. The first-order chi connectivity index (χ1) is 8.18. The summed E-state index contributed by atoms with van der Waals surface area (Å²) in [6, 6.07) is 8.39. The van der Waals surface area contributed by atoms with E-state index in [0.717, 1.165) is 0 Å². The number of carbonyl (C=O) groups is 3. The summed E-state index contributed by atoms with van der Waals surface area (Å²) in [5.74, 6) is -1.34. The van der Waals surface area contributed by atoms with Gasteiger partial charge in [-0.3, -0.25) is 0 Å². The Hall–Kier alpha value is -1.98. The summed E-state index contributed by atoms with van der Waals surface area (Å²) in [4.78, 5) is 33.9. The van der Waals surface area contributed by atoms with Gasteiger partial charge in [0.05, 0.1) is 17.7 Å². The molecule has 5 nitrogen and oxygen atoms in total. The third kappa shape index (κ3) is 3.03. The van der Waals surface area contributed by atoms with Crippen molar-refractivity contribution in [3.05, 3.63) is 48.0 Å². The van der Waals surface area contributed by atoms with Crippen molar-refractivity contribution in [2.45, 2.75) is 0 Å². The van der Waals surface area contributed by atoms with E-state index < -0.39 is 17.8 Å². The van der Waals surface area contributed by atoms with E-state index >= 15 is 0 Å². The smallest absolute Gasteiger partial charge is 0.347 e. The molecule has 2 amide bonds. The van der Waals surface area contributed by atoms with Gasteiger partial charge in [0.2, 0.25) is 6.73 Å². The molecule has 0 atom stereocenters. The molecule has 1 aliphatic heterocycles. The summed E-state index contributed by atoms with van der Waals surface area (Å²) in [6.07, 6.45) is 2.35. The van der Waals surface area contributed by atoms with Crippen LogP contribution in [0.25, 0.3) is 0 Å². The number of nitrogens with one attached hydrogen (secondary N) is 1. The minimum atomic E-state index is -0.550. The number of halogens is 1. The molecule has 6 heteroatoms. The van der Waals surface area contributed by atoms with Crippen molar-refractivity contribution >= 4 is 17.8 Å². The molecule has 0 bridgehead atoms. The van der Waals surface area contributed by atoms with Crippen LogP contribution in [0.15, 0.2) is 42.5 Å². The quantitative estimate of drug-likeness (QED) is 0.453. The molecule has 0 unspecified atom stereocenters. The van der Waals surface area contributed by atoms with Crippen LogP contribution in [-0.2, 0) is 14.3 Å². The maximum absolute atomic E-state index is 11.5. The minimum absolute atomic E-state index is 0. The number of amides is 2. The van der Waals surface area contributed by atoms with Crippen LogP contribution in [-0.4, -0.2) is 24.5 Å². The topological polar surface area (TPSA) is 64.9 Å². The zero-order valence-corrected chi connectivity index (χ0v) is 10.0. The van der Waals surface area contributed by atoms with Crippen molar-refractivity contribution < 1.29 is 36.4 Å². The van der Waals surface area contributed by atoms with Crippen molar-refractivity contribution in [1.82, 2.24) is 0 Å². The average molecular weight is 268 g/mol. The Balaban J connectivity index is 0.00000162. The maximum atomic E-state index is 11.5. The highest BCUT2D eigenvalue weighted by Gasteiger charge is 2.31. The fourth-order valence-electron chi connectivity index (χ4n) is 1.41. The van der Waals surface area contributed by atoms with Crippen molar-refractivity contribution in [3.63, 3.8) is 0 Å². The van der Waals surface area contributed by atoms with Crippen LogP contribution in [0.5, 0.6) is 0 Å². The fourth-order valence-corrected chi connectivity index (χ4v) is 1.41. The Morgan fingerprint density at radius 3 is 2.17 bits per heavy atom. The minimum Gasteiger partial charge on any atom is -1.00 e. The van der Waals surface area contributed by atoms with Gasteiger partial charge in [-0.15, -0.1) is 0 Å². The lowest BCUT2D eigenvalue weighted by Gasteiger charge is -2.08. The second kappa shape index (κ2) is 6.09. The molecule has 94 valence electrons. The molecule has 0 fully saturated rings. The highest BCUT2D eigenvalue weighted by atomic mass is 35.5. The van der Waals surface area contributed by atoms with Gasteiger partial charge >= 0.3 is 17.8 Å². The first kappa shape index (κ1) is 14.1. The highest BCUT2D eigenvalue weighted by Crippen LogP contribution is 1.99. The molecule has 0 spiro atoms. The van der Waals surface area contributed by atoms with E-state index in [2.05, 4.69) is 0 Å². The third-order valence-corrected chi connectivity index (χ3v) is 2.34. The molecule has 1 N–H and O–H groups in total. The number of hydrogen-bond acceptors (Lipinski definition) is 4. The van der Waals surface area contributed by atoms with E-state index in [-0.39, 0.29) is 24.0 Å². The molecule has 18 heavy (non-hydrogen) atoms. The van der Waals surface area contributed by atoms with Crippen LogP contribution < -0.4 is 17.3 Å². The van der Waals surface area contributed by atoms with Crippen molar-refractivity contribution in [2.75, 3.05) is 6.73 Å². The van der Waals surface area contributed by atoms with Crippen LogP contribution in [0.4, 0.5) is 0 Å². The number of imide groups is 1. The Morgan fingerprint density at radius 1 is 1.06 bits per heavy atom. The molecule has 1 heterocycles. The van der Waals surface area contributed by atoms with Crippen LogP contribution in [0, 0.1) is 0 Å². The number of ether oxygens (including phenoxy) is 1. The maximum Gasteiger partial charge on any atom is 0.347 e. The number of quaternary nitrogens is 1. The lowest BCUT2D eigenvalue weighted by Crippen LogP contribution is -3.15. The predicted octanol–water partition coefficient (Wildman–Crippen LogP) is -3.69. The second-order valence-corrected chi connectivity index (χ2v) is 3.48. The van der Waals surface area contributed by atoms with E-state index in [4.69, 9.17) is 4.74 Å². The van der Waals surface area contributed by atoms with Crippen molar-refractivity contribution in [2.24, 2.45) is 0 Å². The van der Waals surface area contributed by atoms with Gasteiger partial charge < -0.3 is 17.1 Å². The summed E-state index contributed by atoms with van der Waals surface area (Å²) in [5.41, 5.74) is 0.388. The number of carbonyl (C=O) groups excluding carboxylic acids is 3. The molecule has 1 aliphatic rings. The van der Waals surface area contributed by atoms with Crippen LogP contribution in [0.3, 0.4) is 0 Å². The monoisotopic (exact) mass is 267 g/mol. The summed E-state index contributed by atoms with van der Waals surface area (Å²) in [7, 11) is 0. The molecule has 0 aromatic heterocycles. The predicted molar refractivity (Wildman–Crippen MR) is 56.8 cm³/mol. The summed E-state index contributed by atoms with van der Waals surface area (Å²) in [6.45, 7) is -0.279. The number of benzene rings is 1. The molecule has 1 aromatic rings. The Morgan fingerprint density at radius 2 is 1.61 bits per heavy atom. The van der Waals surface area contributed by atoms with Gasteiger partial charge in [-0.1, -0.05) is 18.2 Å². The molecule has 2 rings (SSSR count). The van der Waals surface area contributed by atoms with Crippen LogP contribution in [0.1, 0.15) is 10.4 Å². The van der Waals surface area contributed by atoms with E-state index in [1.165, 1.54) is 12.2 Å². The molecular weight excluding hydrogens is 258 g/mol. The SMILES string of the molecule is O=C(OC[NH+]1C(=O)C=CC1=O)c1ccccc1.[Cl-]. The summed E-state index contributed by atoms with van der Waals surface area (Å²) >= 11 is 0.